The van der Waals surface area contributed by atoms with Gasteiger partial charge in [-0.15, -0.1) is 11.3 Å². The van der Waals surface area contributed by atoms with E-state index in [0.717, 1.165) is 11.3 Å². The van der Waals surface area contributed by atoms with Crippen LogP contribution in [0, 0.1) is 5.92 Å². The summed E-state index contributed by atoms with van der Waals surface area (Å²) in [7, 11) is 0. The molecule has 0 radical (unpaired) electrons. The van der Waals surface area contributed by atoms with E-state index in [9.17, 15) is 9.59 Å². The Morgan fingerprint density at radius 3 is 2.96 bits per heavy atom. The Labute approximate surface area is 164 Å². The second kappa shape index (κ2) is 7.46. The van der Waals surface area contributed by atoms with E-state index < -0.39 is 5.92 Å². The zero-order chi connectivity index (χ0) is 18.8. The molecule has 1 atom stereocenters. The number of hydrogen-bond donors (Lipinski definition) is 1. The summed E-state index contributed by atoms with van der Waals surface area (Å²) in [6.07, 6.45) is 3.58. The highest BCUT2D eigenvalue weighted by Gasteiger charge is 2.35. The van der Waals surface area contributed by atoms with Gasteiger partial charge in [-0.05, 0) is 30.3 Å². The Kier molecular flexibility index (Phi) is 4.87. The van der Waals surface area contributed by atoms with Gasteiger partial charge in [-0.3, -0.25) is 14.6 Å². The molecule has 27 heavy (non-hydrogen) atoms. The highest BCUT2D eigenvalue weighted by molar-refractivity contribution is 7.14. The number of pyridine rings is 1. The molecular formula is C19H15ClN4O2S. The molecule has 0 saturated carbocycles. The Morgan fingerprint density at radius 1 is 1.30 bits per heavy atom. The Bertz CT molecular complexity index is 992. The lowest BCUT2D eigenvalue weighted by molar-refractivity contribution is -0.122. The number of carbonyl (C=O) groups excluding carboxylic acids is 2. The molecule has 3 heterocycles. The van der Waals surface area contributed by atoms with Crippen molar-refractivity contribution in [1.29, 1.82) is 0 Å². The van der Waals surface area contributed by atoms with E-state index in [1.807, 2.05) is 23.6 Å². The summed E-state index contributed by atoms with van der Waals surface area (Å²) < 4.78 is 0. The van der Waals surface area contributed by atoms with Gasteiger partial charge < -0.3 is 10.2 Å². The average Bonchev–Trinajstić information content (AvgIpc) is 3.29. The fourth-order valence-corrected chi connectivity index (χ4v) is 3.87. The van der Waals surface area contributed by atoms with Gasteiger partial charge in [0, 0.05) is 47.0 Å². The molecule has 6 nitrogen and oxygen atoms in total. The fourth-order valence-electron chi connectivity index (χ4n) is 2.96. The van der Waals surface area contributed by atoms with Crippen LogP contribution in [-0.2, 0) is 9.59 Å². The number of anilines is 2. The molecule has 2 amide bonds. The monoisotopic (exact) mass is 398 g/mol. The summed E-state index contributed by atoms with van der Waals surface area (Å²) in [4.78, 5) is 35.0. The summed E-state index contributed by atoms with van der Waals surface area (Å²) >= 11 is 7.35. The molecule has 1 fully saturated rings. The SMILES string of the molecule is O=C(Nc1nc(-c2cccnc2)cs1)C1CC(=O)N(c2cccc(Cl)c2)C1. The minimum Gasteiger partial charge on any atom is -0.312 e. The van der Waals surface area contributed by atoms with Crippen LogP contribution >= 0.6 is 22.9 Å². The van der Waals surface area contributed by atoms with Gasteiger partial charge in [-0.2, -0.15) is 0 Å². The quantitative estimate of drug-likeness (QED) is 0.724. The number of hydrogen-bond acceptors (Lipinski definition) is 5. The zero-order valence-corrected chi connectivity index (χ0v) is 15.7. The maximum atomic E-state index is 12.6. The normalized spacial score (nSPS) is 16.6. The molecule has 2 aromatic heterocycles. The first kappa shape index (κ1) is 17.6. The van der Waals surface area contributed by atoms with Crippen molar-refractivity contribution in [3.8, 4) is 11.3 Å². The number of nitrogens with zero attached hydrogens (tertiary/aromatic N) is 3. The highest BCUT2D eigenvalue weighted by Crippen LogP contribution is 2.29. The molecule has 0 spiro atoms. The molecule has 136 valence electrons. The van der Waals surface area contributed by atoms with Gasteiger partial charge >= 0.3 is 0 Å². The van der Waals surface area contributed by atoms with Crippen LogP contribution in [0.15, 0.2) is 54.2 Å². The Balaban J connectivity index is 1.44. The molecule has 4 rings (SSSR count). The van der Waals surface area contributed by atoms with Crippen molar-refractivity contribution in [3.05, 3.63) is 59.2 Å². The van der Waals surface area contributed by atoms with Crippen molar-refractivity contribution in [1.82, 2.24) is 9.97 Å². The van der Waals surface area contributed by atoms with Crippen molar-refractivity contribution in [2.75, 3.05) is 16.8 Å². The van der Waals surface area contributed by atoms with Crippen LogP contribution in [0.4, 0.5) is 10.8 Å². The van der Waals surface area contributed by atoms with E-state index in [1.54, 1.807) is 35.5 Å². The van der Waals surface area contributed by atoms with Gasteiger partial charge in [-0.25, -0.2) is 4.98 Å². The van der Waals surface area contributed by atoms with Crippen LogP contribution < -0.4 is 10.2 Å². The molecule has 1 aliphatic rings. The number of amides is 2. The van der Waals surface area contributed by atoms with Crippen LogP contribution in [0.3, 0.4) is 0 Å². The third-order valence-electron chi connectivity index (χ3n) is 4.31. The number of thiazole rings is 1. The van der Waals surface area contributed by atoms with E-state index in [1.165, 1.54) is 11.3 Å². The second-order valence-corrected chi connectivity index (χ2v) is 7.45. The van der Waals surface area contributed by atoms with Crippen LogP contribution in [0.2, 0.25) is 5.02 Å². The minimum absolute atomic E-state index is 0.0902. The topological polar surface area (TPSA) is 75.2 Å². The van der Waals surface area contributed by atoms with Gasteiger partial charge in [0.15, 0.2) is 5.13 Å². The highest BCUT2D eigenvalue weighted by atomic mass is 35.5. The first-order chi connectivity index (χ1) is 13.1. The molecule has 1 unspecified atom stereocenters. The zero-order valence-electron chi connectivity index (χ0n) is 14.1. The largest absolute Gasteiger partial charge is 0.312 e. The number of rotatable bonds is 4. The van der Waals surface area contributed by atoms with Crippen molar-refractivity contribution in [2.24, 2.45) is 5.92 Å². The molecule has 0 bridgehead atoms. The fraction of sp³-hybridized carbons (Fsp3) is 0.158. The number of carbonyl (C=O) groups is 2. The smallest absolute Gasteiger partial charge is 0.231 e. The summed E-state index contributed by atoms with van der Waals surface area (Å²) in [5, 5.41) is 5.75. The molecule has 1 aliphatic heterocycles. The van der Waals surface area contributed by atoms with E-state index in [2.05, 4.69) is 15.3 Å². The van der Waals surface area contributed by atoms with Crippen molar-refractivity contribution < 1.29 is 9.59 Å². The predicted octanol–water partition coefficient (Wildman–Crippen LogP) is 3.85. The van der Waals surface area contributed by atoms with Gasteiger partial charge in [0.2, 0.25) is 11.8 Å². The number of benzene rings is 1. The first-order valence-electron chi connectivity index (χ1n) is 8.33. The molecular weight excluding hydrogens is 384 g/mol. The van der Waals surface area contributed by atoms with Gasteiger partial charge in [0.25, 0.3) is 0 Å². The lowest BCUT2D eigenvalue weighted by Crippen LogP contribution is -2.28. The lowest BCUT2D eigenvalue weighted by atomic mass is 10.1. The van der Waals surface area contributed by atoms with Crippen molar-refractivity contribution in [2.45, 2.75) is 6.42 Å². The molecule has 8 heteroatoms. The minimum atomic E-state index is -0.428. The summed E-state index contributed by atoms with van der Waals surface area (Å²) in [5.41, 5.74) is 2.35. The molecule has 1 saturated heterocycles. The molecule has 3 aromatic rings. The second-order valence-electron chi connectivity index (χ2n) is 6.15. The predicted molar refractivity (Wildman–Crippen MR) is 106 cm³/mol. The Morgan fingerprint density at radius 2 is 2.19 bits per heavy atom. The van der Waals surface area contributed by atoms with Crippen LogP contribution in [0.25, 0.3) is 11.3 Å². The lowest BCUT2D eigenvalue weighted by Gasteiger charge is -2.16. The molecule has 1 aromatic carbocycles. The van der Waals surface area contributed by atoms with E-state index >= 15 is 0 Å². The van der Waals surface area contributed by atoms with Crippen LogP contribution in [0.1, 0.15) is 6.42 Å². The van der Waals surface area contributed by atoms with E-state index in [-0.39, 0.29) is 18.2 Å². The maximum Gasteiger partial charge on any atom is 0.231 e. The van der Waals surface area contributed by atoms with Crippen LogP contribution in [-0.4, -0.2) is 28.3 Å². The number of halogens is 1. The summed E-state index contributed by atoms with van der Waals surface area (Å²) in [6, 6.07) is 10.8. The molecule has 0 aliphatic carbocycles. The van der Waals surface area contributed by atoms with Gasteiger partial charge in [0.1, 0.15) is 0 Å². The van der Waals surface area contributed by atoms with Crippen LogP contribution in [0.5, 0.6) is 0 Å². The maximum absolute atomic E-state index is 12.6. The third kappa shape index (κ3) is 3.84. The number of aromatic nitrogens is 2. The third-order valence-corrected chi connectivity index (χ3v) is 5.30. The summed E-state index contributed by atoms with van der Waals surface area (Å²) in [6.45, 7) is 0.325. The average molecular weight is 399 g/mol. The van der Waals surface area contributed by atoms with Crippen molar-refractivity contribution in [3.63, 3.8) is 0 Å². The van der Waals surface area contributed by atoms with E-state index in [0.29, 0.717) is 22.4 Å². The van der Waals surface area contributed by atoms with Gasteiger partial charge in [-0.1, -0.05) is 17.7 Å². The van der Waals surface area contributed by atoms with E-state index in [4.69, 9.17) is 11.6 Å². The van der Waals surface area contributed by atoms with Crippen molar-refractivity contribution >= 4 is 45.6 Å². The molecule has 1 N–H and O–H groups in total. The summed E-state index contributed by atoms with van der Waals surface area (Å²) in [5.74, 6) is -0.727. The first-order valence-corrected chi connectivity index (χ1v) is 9.58. The van der Waals surface area contributed by atoms with Gasteiger partial charge in [0.05, 0.1) is 11.6 Å². The Hall–Kier alpha value is -2.77. The standard InChI is InChI=1S/C19H15ClN4O2S/c20-14-4-1-5-15(8-14)24-10-13(7-17(24)25)18(26)23-19-22-16(11-27-19)12-3-2-6-21-9-12/h1-6,8-9,11,13H,7,10H2,(H,22,23,26). The number of nitrogens with one attached hydrogen (secondary N) is 1.